The van der Waals surface area contributed by atoms with Crippen LogP contribution in [0.1, 0.15) is 23.4 Å². The van der Waals surface area contributed by atoms with E-state index >= 15 is 0 Å². The van der Waals surface area contributed by atoms with Crippen molar-refractivity contribution in [2.45, 2.75) is 19.4 Å². The van der Waals surface area contributed by atoms with Crippen LogP contribution in [0.5, 0.6) is 0 Å². The Balaban J connectivity index is 1.64. The number of hydrogen-bond acceptors (Lipinski definition) is 4. The number of amides is 1. The van der Waals surface area contributed by atoms with Gasteiger partial charge in [-0.3, -0.25) is 9.69 Å². The largest absolute Gasteiger partial charge is 0.334 e. The Hall–Kier alpha value is -0.910. The molecule has 1 atom stereocenters. The van der Waals surface area contributed by atoms with Gasteiger partial charge in [0.15, 0.2) is 0 Å². The van der Waals surface area contributed by atoms with E-state index in [2.05, 4.69) is 33.5 Å². The first-order valence-corrected chi connectivity index (χ1v) is 7.92. The lowest BCUT2D eigenvalue weighted by Crippen LogP contribution is -2.49. The van der Waals surface area contributed by atoms with Crippen molar-refractivity contribution in [3.63, 3.8) is 0 Å². The zero-order chi connectivity index (χ0) is 13.2. The molecule has 1 aromatic heterocycles. The van der Waals surface area contributed by atoms with E-state index in [-0.39, 0.29) is 11.9 Å². The molecule has 0 aromatic carbocycles. The van der Waals surface area contributed by atoms with Crippen LogP contribution in [0, 0.1) is 0 Å². The van der Waals surface area contributed by atoms with Crippen LogP contribution in [-0.2, 0) is 11.2 Å². The first-order valence-electron chi connectivity index (χ1n) is 7.04. The normalized spacial score (nSPS) is 24.3. The second-order valence-electron chi connectivity index (χ2n) is 5.34. The van der Waals surface area contributed by atoms with E-state index in [0.29, 0.717) is 6.54 Å². The summed E-state index contributed by atoms with van der Waals surface area (Å²) >= 11 is 1.82. The summed E-state index contributed by atoms with van der Waals surface area (Å²) in [7, 11) is 0. The fourth-order valence-electron chi connectivity index (χ4n) is 3.00. The Kier molecular flexibility index (Phi) is 3.86. The highest BCUT2D eigenvalue weighted by Crippen LogP contribution is 2.32. The van der Waals surface area contributed by atoms with Crippen molar-refractivity contribution in [1.82, 2.24) is 15.1 Å². The quantitative estimate of drug-likeness (QED) is 0.880. The van der Waals surface area contributed by atoms with Crippen molar-refractivity contribution < 1.29 is 4.79 Å². The summed E-state index contributed by atoms with van der Waals surface area (Å²) in [6, 6.07) is 2.42. The minimum absolute atomic E-state index is 0.241. The Morgan fingerprint density at radius 1 is 1.42 bits per heavy atom. The van der Waals surface area contributed by atoms with Gasteiger partial charge in [0.05, 0.1) is 12.6 Å². The molecule has 1 fully saturated rings. The molecular weight excluding hydrogens is 258 g/mol. The Bertz CT molecular complexity index is 453. The molecule has 1 N–H and O–H groups in total. The van der Waals surface area contributed by atoms with Gasteiger partial charge in [-0.25, -0.2) is 0 Å². The van der Waals surface area contributed by atoms with Gasteiger partial charge >= 0.3 is 0 Å². The van der Waals surface area contributed by atoms with Crippen molar-refractivity contribution in [2.75, 3.05) is 39.3 Å². The van der Waals surface area contributed by atoms with E-state index in [0.717, 1.165) is 39.1 Å². The molecule has 0 spiro atoms. The predicted molar refractivity (Wildman–Crippen MR) is 77.5 cm³/mol. The molecule has 0 aliphatic carbocycles. The van der Waals surface area contributed by atoms with Crippen LogP contribution < -0.4 is 5.32 Å². The van der Waals surface area contributed by atoms with E-state index in [1.165, 1.54) is 10.4 Å². The molecule has 3 rings (SSSR count). The van der Waals surface area contributed by atoms with Crippen molar-refractivity contribution in [3.05, 3.63) is 21.9 Å². The van der Waals surface area contributed by atoms with Crippen molar-refractivity contribution >= 4 is 17.2 Å². The van der Waals surface area contributed by atoms with Crippen LogP contribution in [0.3, 0.4) is 0 Å². The van der Waals surface area contributed by atoms with Crippen LogP contribution >= 0.6 is 11.3 Å². The van der Waals surface area contributed by atoms with Gasteiger partial charge in [-0.05, 0) is 30.4 Å². The van der Waals surface area contributed by atoms with E-state index in [1.807, 2.05) is 11.3 Å². The molecule has 0 saturated carbocycles. The molecule has 19 heavy (non-hydrogen) atoms. The zero-order valence-corrected chi connectivity index (χ0v) is 12.2. The predicted octanol–water partition coefficient (Wildman–Crippen LogP) is 1.10. The lowest BCUT2D eigenvalue weighted by molar-refractivity contribution is -0.135. The average molecular weight is 279 g/mol. The van der Waals surface area contributed by atoms with Crippen molar-refractivity contribution in [2.24, 2.45) is 0 Å². The van der Waals surface area contributed by atoms with Crippen LogP contribution in [0.25, 0.3) is 0 Å². The van der Waals surface area contributed by atoms with E-state index in [4.69, 9.17) is 0 Å². The number of carbonyl (C=O) groups excluding carboxylic acids is 1. The molecule has 104 valence electrons. The summed E-state index contributed by atoms with van der Waals surface area (Å²) in [5.41, 5.74) is 1.35. The summed E-state index contributed by atoms with van der Waals surface area (Å²) < 4.78 is 0. The standard InChI is InChI=1S/C14H21N3OS/c1-11-12-3-9-19-13(12)2-6-17(11)14(18)10-16-7-4-15-5-8-16/h3,9,11,15H,2,4-8,10H2,1H3. The third kappa shape index (κ3) is 2.68. The van der Waals surface area contributed by atoms with Gasteiger partial charge in [-0.1, -0.05) is 0 Å². The summed E-state index contributed by atoms with van der Waals surface area (Å²) in [6.07, 6.45) is 1.02. The number of carbonyl (C=O) groups is 1. The smallest absolute Gasteiger partial charge is 0.237 e. The number of nitrogens with zero attached hydrogens (tertiary/aromatic N) is 2. The SMILES string of the molecule is CC1c2ccsc2CCN1C(=O)CN1CCNCC1. The first-order chi connectivity index (χ1) is 9.25. The van der Waals surface area contributed by atoms with Crippen LogP contribution in [0.15, 0.2) is 11.4 Å². The fourth-order valence-corrected chi connectivity index (χ4v) is 3.96. The third-order valence-corrected chi connectivity index (χ3v) is 5.16. The number of piperazine rings is 1. The molecule has 1 amide bonds. The maximum Gasteiger partial charge on any atom is 0.237 e. The number of nitrogens with one attached hydrogen (secondary N) is 1. The van der Waals surface area contributed by atoms with Gasteiger partial charge in [0.2, 0.25) is 5.91 Å². The van der Waals surface area contributed by atoms with Gasteiger partial charge in [0.25, 0.3) is 0 Å². The minimum atomic E-state index is 0.241. The second kappa shape index (κ2) is 5.61. The van der Waals surface area contributed by atoms with Crippen LogP contribution in [-0.4, -0.2) is 55.0 Å². The lowest BCUT2D eigenvalue weighted by atomic mass is 10.0. The summed E-state index contributed by atoms with van der Waals surface area (Å²) in [6.45, 7) is 7.57. The highest BCUT2D eigenvalue weighted by atomic mass is 32.1. The van der Waals surface area contributed by atoms with E-state index < -0.39 is 0 Å². The fraction of sp³-hybridized carbons (Fsp3) is 0.643. The maximum atomic E-state index is 12.5. The van der Waals surface area contributed by atoms with Crippen LogP contribution in [0.4, 0.5) is 0 Å². The average Bonchev–Trinajstić information content (AvgIpc) is 2.89. The summed E-state index contributed by atoms with van der Waals surface area (Å²) in [4.78, 5) is 18.2. The minimum Gasteiger partial charge on any atom is -0.334 e. The third-order valence-electron chi connectivity index (χ3n) is 4.17. The van der Waals surface area contributed by atoms with Crippen LogP contribution in [0.2, 0.25) is 0 Å². The molecule has 2 aliphatic rings. The summed E-state index contributed by atoms with van der Waals surface area (Å²) in [5, 5.41) is 5.46. The molecule has 5 heteroatoms. The number of rotatable bonds is 2. The van der Waals surface area contributed by atoms with E-state index in [1.54, 1.807) is 0 Å². The number of thiophene rings is 1. The van der Waals surface area contributed by atoms with E-state index in [9.17, 15) is 4.79 Å². The molecule has 4 nitrogen and oxygen atoms in total. The maximum absolute atomic E-state index is 12.5. The highest BCUT2D eigenvalue weighted by Gasteiger charge is 2.29. The van der Waals surface area contributed by atoms with Gasteiger partial charge in [-0.15, -0.1) is 11.3 Å². The molecule has 2 aliphatic heterocycles. The topological polar surface area (TPSA) is 35.6 Å². The second-order valence-corrected chi connectivity index (χ2v) is 6.34. The molecule has 3 heterocycles. The summed E-state index contributed by atoms with van der Waals surface area (Å²) in [5.74, 6) is 0.284. The number of fused-ring (bicyclic) bond motifs is 1. The Morgan fingerprint density at radius 3 is 3.00 bits per heavy atom. The van der Waals surface area contributed by atoms with Crippen molar-refractivity contribution in [3.8, 4) is 0 Å². The molecular formula is C14H21N3OS. The van der Waals surface area contributed by atoms with Gasteiger partial charge < -0.3 is 10.2 Å². The monoisotopic (exact) mass is 279 g/mol. The van der Waals surface area contributed by atoms with Crippen molar-refractivity contribution in [1.29, 1.82) is 0 Å². The highest BCUT2D eigenvalue weighted by molar-refractivity contribution is 7.10. The first kappa shape index (κ1) is 13.1. The van der Waals surface area contributed by atoms with Gasteiger partial charge in [0.1, 0.15) is 0 Å². The molecule has 1 saturated heterocycles. The molecule has 1 aromatic rings. The molecule has 0 bridgehead atoms. The Labute approximate surface area is 118 Å². The Morgan fingerprint density at radius 2 is 2.21 bits per heavy atom. The molecule has 1 unspecified atom stereocenters. The number of hydrogen-bond donors (Lipinski definition) is 1. The zero-order valence-electron chi connectivity index (χ0n) is 11.4. The molecule has 0 radical (unpaired) electrons. The lowest BCUT2D eigenvalue weighted by Gasteiger charge is -2.36. The van der Waals surface area contributed by atoms with Gasteiger partial charge in [0, 0.05) is 37.6 Å². The van der Waals surface area contributed by atoms with Gasteiger partial charge in [-0.2, -0.15) is 0 Å².